The molecule has 0 spiro atoms. The number of hydrogen-bond donors (Lipinski definition) is 1. The lowest BCUT2D eigenvalue weighted by Gasteiger charge is -2.03. The van der Waals surface area contributed by atoms with Gasteiger partial charge >= 0.3 is 0 Å². The summed E-state index contributed by atoms with van der Waals surface area (Å²) in [6, 6.07) is 8.93. The highest BCUT2D eigenvalue weighted by Crippen LogP contribution is 2.18. The molecule has 0 aliphatic heterocycles. The van der Waals surface area contributed by atoms with Crippen LogP contribution in [0.15, 0.2) is 51.7 Å². The molecule has 0 saturated heterocycles. The number of carbonyl (C=O) groups is 1. The van der Waals surface area contributed by atoms with Crippen LogP contribution in [0.5, 0.6) is 0 Å². The van der Waals surface area contributed by atoms with Gasteiger partial charge in [0.25, 0.3) is 5.91 Å². The van der Waals surface area contributed by atoms with E-state index in [0.717, 1.165) is 22.4 Å². The zero-order valence-corrected chi connectivity index (χ0v) is 13.8. The van der Waals surface area contributed by atoms with Gasteiger partial charge in [0.05, 0.1) is 18.5 Å². The maximum absolute atomic E-state index is 12.4. The zero-order chi connectivity index (χ0) is 17.4. The van der Waals surface area contributed by atoms with Crippen molar-refractivity contribution in [3.8, 4) is 0 Å². The molecule has 4 aromatic rings. The Morgan fingerprint density at radius 3 is 2.92 bits per heavy atom. The van der Waals surface area contributed by atoms with E-state index in [0.29, 0.717) is 23.5 Å². The highest BCUT2D eigenvalue weighted by molar-refractivity contribution is 6.05. The van der Waals surface area contributed by atoms with Crippen molar-refractivity contribution in [1.82, 2.24) is 14.9 Å². The SMILES string of the molecule is Cc1noc(C)c1Cn1ccc(NC(=O)c2ccc3ccoc3c2)n1. The van der Waals surface area contributed by atoms with E-state index in [1.807, 2.05) is 26.0 Å². The second-order valence-corrected chi connectivity index (χ2v) is 5.83. The number of aryl methyl sites for hydroxylation is 2. The van der Waals surface area contributed by atoms with Gasteiger partial charge in [-0.1, -0.05) is 11.2 Å². The van der Waals surface area contributed by atoms with Crippen molar-refractivity contribution in [3.05, 3.63) is 65.4 Å². The Morgan fingerprint density at radius 2 is 2.12 bits per heavy atom. The first kappa shape index (κ1) is 15.2. The summed E-state index contributed by atoms with van der Waals surface area (Å²) in [5.41, 5.74) is 3.02. The molecule has 0 aliphatic rings. The molecular formula is C18H16N4O3. The van der Waals surface area contributed by atoms with Crippen LogP contribution in [0.1, 0.15) is 27.4 Å². The van der Waals surface area contributed by atoms with Gasteiger partial charge in [-0.25, -0.2) is 0 Å². The second kappa shape index (κ2) is 5.94. The minimum Gasteiger partial charge on any atom is -0.464 e. The van der Waals surface area contributed by atoms with Gasteiger partial charge in [-0.2, -0.15) is 5.10 Å². The molecule has 0 unspecified atom stereocenters. The Balaban J connectivity index is 1.49. The van der Waals surface area contributed by atoms with Gasteiger partial charge in [-0.15, -0.1) is 0 Å². The Bertz CT molecular complexity index is 1040. The second-order valence-electron chi connectivity index (χ2n) is 5.83. The van der Waals surface area contributed by atoms with Gasteiger partial charge in [0.1, 0.15) is 11.3 Å². The van der Waals surface area contributed by atoms with Gasteiger partial charge < -0.3 is 14.3 Å². The fraction of sp³-hybridized carbons (Fsp3) is 0.167. The van der Waals surface area contributed by atoms with Gasteiger partial charge in [-0.05, 0) is 32.0 Å². The minimum absolute atomic E-state index is 0.235. The first-order valence-electron chi connectivity index (χ1n) is 7.84. The summed E-state index contributed by atoms with van der Waals surface area (Å²) >= 11 is 0. The summed E-state index contributed by atoms with van der Waals surface area (Å²) < 4.78 is 12.2. The predicted molar refractivity (Wildman–Crippen MR) is 91.5 cm³/mol. The number of hydrogen-bond acceptors (Lipinski definition) is 5. The van der Waals surface area contributed by atoms with Crippen molar-refractivity contribution in [2.45, 2.75) is 20.4 Å². The number of furan rings is 1. The molecule has 7 heteroatoms. The normalized spacial score (nSPS) is 11.1. The summed E-state index contributed by atoms with van der Waals surface area (Å²) in [6.07, 6.45) is 3.40. The summed E-state index contributed by atoms with van der Waals surface area (Å²) in [7, 11) is 0. The molecule has 4 rings (SSSR count). The van der Waals surface area contributed by atoms with Gasteiger partial charge in [0, 0.05) is 28.8 Å². The number of benzene rings is 1. The molecule has 3 aromatic heterocycles. The van der Waals surface area contributed by atoms with Crippen LogP contribution >= 0.6 is 0 Å². The Labute approximate surface area is 143 Å². The van der Waals surface area contributed by atoms with E-state index < -0.39 is 0 Å². The van der Waals surface area contributed by atoms with E-state index in [2.05, 4.69) is 15.6 Å². The van der Waals surface area contributed by atoms with Crippen LogP contribution in [0.25, 0.3) is 11.0 Å². The van der Waals surface area contributed by atoms with E-state index in [1.165, 1.54) is 0 Å². The molecule has 1 N–H and O–H groups in total. The van der Waals surface area contributed by atoms with Crippen molar-refractivity contribution >= 4 is 22.7 Å². The van der Waals surface area contributed by atoms with E-state index in [-0.39, 0.29) is 5.91 Å². The van der Waals surface area contributed by atoms with Crippen LogP contribution < -0.4 is 5.32 Å². The van der Waals surface area contributed by atoms with E-state index in [4.69, 9.17) is 8.94 Å². The van der Waals surface area contributed by atoms with Crippen LogP contribution in [0.3, 0.4) is 0 Å². The molecule has 126 valence electrons. The maximum atomic E-state index is 12.4. The fourth-order valence-electron chi connectivity index (χ4n) is 2.69. The predicted octanol–water partition coefficient (Wildman–Crippen LogP) is 3.53. The average Bonchev–Trinajstić information content (AvgIpc) is 3.31. The molecule has 0 bridgehead atoms. The van der Waals surface area contributed by atoms with E-state index in [9.17, 15) is 4.79 Å². The lowest BCUT2D eigenvalue weighted by molar-refractivity contribution is 0.102. The maximum Gasteiger partial charge on any atom is 0.256 e. The van der Waals surface area contributed by atoms with Crippen molar-refractivity contribution < 1.29 is 13.7 Å². The largest absolute Gasteiger partial charge is 0.464 e. The summed E-state index contributed by atoms with van der Waals surface area (Å²) in [6.45, 7) is 4.30. The average molecular weight is 336 g/mol. The molecule has 1 amide bonds. The van der Waals surface area contributed by atoms with Crippen LogP contribution in [0.4, 0.5) is 5.82 Å². The molecule has 25 heavy (non-hydrogen) atoms. The third-order valence-corrected chi connectivity index (χ3v) is 4.10. The first-order chi connectivity index (χ1) is 12.1. The van der Waals surface area contributed by atoms with Gasteiger partial charge in [0.2, 0.25) is 0 Å². The third-order valence-electron chi connectivity index (χ3n) is 4.10. The van der Waals surface area contributed by atoms with Crippen molar-refractivity contribution in [2.24, 2.45) is 0 Å². The molecule has 0 radical (unpaired) electrons. The first-order valence-corrected chi connectivity index (χ1v) is 7.84. The number of rotatable bonds is 4. The monoisotopic (exact) mass is 336 g/mol. The molecule has 0 atom stereocenters. The van der Waals surface area contributed by atoms with E-state index in [1.54, 1.807) is 35.3 Å². The van der Waals surface area contributed by atoms with Gasteiger partial charge in [-0.3, -0.25) is 9.48 Å². The number of aromatic nitrogens is 3. The van der Waals surface area contributed by atoms with Crippen LogP contribution in [-0.2, 0) is 6.54 Å². The Hall–Kier alpha value is -3.35. The fourth-order valence-corrected chi connectivity index (χ4v) is 2.69. The number of nitrogens with zero attached hydrogens (tertiary/aromatic N) is 3. The third kappa shape index (κ3) is 2.91. The van der Waals surface area contributed by atoms with Crippen LogP contribution in [0.2, 0.25) is 0 Å². The summed E-state index contributed by atoms with van der Waals surface area (Å²) in [5, 5.41) is 12.1. The molecule has 0 aliphatic carbocycles. The smallest absolute Gasteiger partial charge is 0.256 e. The summed E-state index contributed by atoms with van der Waals surface area (Å²) in [5.74, 6) is 1.02. The quantitative estimate of drug-likeness (QED) is 0.616. The zero-order valence-electron chi connectivity index (χ0n) is 13.8. The number of nitrogens with one attached hydrogen (secondary N) is 1. The van der Waals surface area contributed by atoms with Crippen molar-refractivity contribution in [2.75, 3.05) is 5.32 Å². The lowest BCUT2D eigenvalue weighted by atomic mass is 10.1. The molecular weight excluding hydrogens is 320 g/mol. The van der Waals surface area contributed by atoms with E-state index >= 15 is 0 Å². The number of fused-ring (bicyclic) bond motifs is 1. The molecule has 1 aromatic carbocycles. The van der Waals surface area contributed by atoms with Crippen LogP contribution in [0, 0.1) is 13.8 Å². The molecule has 0 saturated carbocycles. The van der Waals surface area contributed by atoms with Crippen molar-refractivity contribution in [3.63, 3.8) is 0 Å². The summed E-state index contributed by atoms with van der Waals surface area (Å²) in [4.78, 5) is 12.4. The minimum atomic E-state index is -0.235. The number of carbonyl (C=O) groups excluding carboxylic acids is 1. The highest BCUT2D eigenvalue weighted by Gasteiger charge is 2.12. The van der Waals surface area contributed by atoms with Crippen molar-refractivity contribution in [1.29, 1.82) is 0 Å². The molecule has 0 fully saturated rings. The highest BCUT2D eigenvalue weighted by atomic mass is 16.5. The number of anilines is 1. The topological polar surface area (TPSA) is 86.1 Å². The standard InChI is InChI=1S/C18H16N4O3/c1-11-15(12(2)25-21-11)10-22-7-5-17(20-22)19-18(23)14-4-3-13-6-8-24-16(13)9-14/h3-9H,10H2,1-2H3,(H,19,20,23). The molecule has 7 nitrogen and oxygen atoms in total. The lowest BCUT2D eigenvalue weighted by Crippen LogP contribution is -2.12. The van der Waals surface area contributed by atoms with Gasteiger partial charge in [0.15, 0.2) is 5.82 Å². The Morgan fingerprint density at radius 1 is 1.24 bits per heavy atom. The Kier molecular flexibility index (Phi) is 3.61. The molecule has 3 heterocycles. The number of amides is 1. The van der Waals surface area contributed by atoms with Crippen LogP contribution in [-0.4, -0.2) is 20.8 Å².